The number of para-hydroxylation sites is 2. The molecule has 188 valence electrons. The van der Waals surface area contributed by atoms with Crippen LogP contribution in [0.4, 0.5) is 5.82 Å². The van der Waals surface area contributed by atoms with Gasteiger partial charge in [0, 0.05) is 11.3 Å². The number of nitrogens with zero attached hydrogens (tertiary/aromatic N) is 5. The molecule has 3 N–H and O–H groups in total. The Balaban J connectivity index is 1.63. The van der Waals surface area contributed by atoms with Gasteiger partial charge >= 0.3 is 0 Å². The first-order valence-corrected chi connectivity index (χ1v) is 12.0. The van der Waals surface area contributed by atoms with E-state index >= 15 is 0 Å². The lowest BCUT2D eigenvalue weighted by Gasteiger charge is -2.18. The van der Waals surface area contributed by atoms with E-state index in [1.54, 1.807) is 34.6 Å². The van der Waals surface area contributed by atoms with Crippen molar-refractivity contribution < 1.29 is 9.84 Å². The fourth-order valence-electron chi connectivity index (χ4n) is 4.93. The Labute approximate surface area is 217 Å². The quantitative estimate of drug-likeness (QED) is 0.356. The zero-order valence-electron chi connectivity index (χ0n) is 20.8. The minimum absolute atomic E-state index is 0.107. The predicted octanol–water partition coefficient (Wildman–Crippen LogP) is 4.45. The zero-order valence-corrected chi connectivity index (χ0v) is 20.8. The van der Waals surface area contributed by atoms with Crippen molar-refractivity contribution in [2.75, 3.05) is 12.8 Å². The first-order valence-electron chi connectivity index (χ1n) is 12.0. The maximum absolute atomic E-state index is 14.0. The Bertz CT molecular complexity index is 1910. The number of fused-ring (bicyclic) bond motifs is 2. The largest absolute Gasteiger partial charge is 0.508 e. The average Bonchev–Trinajstić information content (AvgIpc) is 3.28. The molecule has 0 aliphatic rings. The Morgan fingerprint density at radius 2 is 1.79 bits per heavy atom. The van der Waals surface area contributed by atoms with Gasteiger partial charge in [-0.2, -0.15) is 5.10 Å². The number of rotatable bonds is 5. The number of aryl methyl sites for hydroxylation is 1. The van der Waals surface area contributed by atoms with Crippen molar-refractivity contribution in [3.8, 4) is 28.4 Å². The Hall–Kier alpha value is -5.18. The highest BCUT2D eigenvalue weighted by molar-refractivity contribution is 5.98. The van der Waals surface area contributed by atoms with Gasteiger partial charge in [0.1, 0.15) is 29.3 Å². The number of hydrogen-bond acceptors (Lipinski definition) is 7. The van der Waals surface area contributed by atoms with Crippen molar-refractivity contribution in [3.05, 3.63) is 101 Å². The molecule has 0 fully saturated rings. The number of aromatic nitrogens is 5. The van der Waals surface area contributed by atoms with E-state index in [0.717, 1.165) is 10.9 Å². The molecule has 9 heteroatoms. The molecule has 0 bridgehead atoms. The summed E-state index contributed by atoms with van der Waals surface area (Å²) < 4.78 is 8.99. The number of ether oxygens (including phenoxy) is 1. The topological polar surface area (TPSA) is 121 Å². The molecule has 0 saturated heterocycles. The summed E-state index contributed by atoms with van der Waals surface area (Å²) in [4.78, 5) is 22.7. The summed E-state index contributed by atoms with van der Waals surface area (Å²) in [6.07, 6.45) is 1.39. The van der Waals surface area contributed by atoms with Gasteiger partial charge in [0.05, 0.1) is 30.1 Å². The van der Waals surface area contributed by atoms with Crippen molar-refractivity contribution in [1.82, 2.24) is 24.3 Å². The molecule has 0 unspecified atom stereocenters. The van der Waals surface area contributed by atoms with Gasteiger partial charge in [-0.15, -0.1) is 0 Å². The number of phenols is 1. The molecular weight excluding hydrogens is 480 g/mol. The predicted molar refractivity (Wildman–Crippen MR) is 147 cm³/mol. The molecule has 0 atom stereocenters. The molecule has 9 nitrogen and oxygen atoms in total. The standard InChI is InChI=1S/C29H24N6O3/c1-17-7-5-8-18-13-20(35(29(37)24(17)18)22-11-3-4-12-23(22)38-2)15-34-28-25(27(30)31-16-32-28)26(33-34)19-9-6-10-21(36)14-19/h3-14,16,36H,15H2,1-2H3,(H2,30,31,32). The number of hydrogen-bond donors (Lipinski definition) is 2. The zero-order chi connectivity index (χ0) is 26.4. The lowest BCUT2D eigenvalue weighted by atomic mass is 10.1. The summed E-state index contributed by atoms with van der Waals surface area (Å²) in [5.41, 5.74) is 10.0. The van der Waals surface area contributed by atoms with Gasteiger partial charge < -0.3 is 15.6 Å². The van der Waals surface area contributed by atoms with Crippen molar-refractivity contribution in [3.63, 3.8) is 0 Å². The van der Waals surface area contributed by atoms with Crippen LogP contribution in [0.5, 0.6) is 11.5 Å². The molecule has 3 aromatic carbocycles. The third-order valence-corrected chi connectivity index (χ3v) is 6.65. The van der Waals surface area contributed by atoms with Crippen LogP contribution in [0.3, 0.4) is 0 Å². The highest BCUT2D eigenvalue weighted by Crippen LogP contribution is 2.32. The van der Waals surface area contributed by atoms with Crippen LogP contribution in [0.15, 0.2) is 83.9 Å². The summed E-state index contributed by atoms with van der Waals surface area (Å²) in [7, 11) is 1.58. The maximum Gasteiger partial charge on any atom is 0.263 e. The van der Waals surface area contributed by atoms with Crippen LogP contribution >= 0.6 is 0 Å². The summed E-state index contributed by atoms with van der Waals surface area (Å²) >= 11 is 0. The van der Waals surface area contributed by atoms with Crippen molar-refractivity contribution >= 4 is 27.6 Å². The smallest absolute Gasteiger partial charge is 0.263 e. The Morgan fingerprint density at radius 1 is 0.974 bits per heavy atom. The van der Waals surface area contributed by atoms with Gasteiger partial charge in [0.15, 0.2) is 5.65 Å². The molecular formula is C29H24N6O3. The molecule has 0 aliphatic heterocycles. The van der Waals surface area contributed by atoms with Gasteiger partial charge in [-0.1, -0.05) is 42.5 Å². The first kappa shape index (κ1) is 23.2. The fourth-order valence-corrected chi connectivity index (χ4v) is 4.93. The lowest BCUT2D eigenvalue weighted by molar-refractivity contribution is 0.412. The lowest BCUT2D eigenvalue weighted by Crippen LogP contribution is -2.25. The minimum atomic E-state index is -0.154. The monoisotopic (exact) mass is 504 g/mol. The molecule has 38 heavy (non-hydrogen) atoms. The van der Waals surface area contributed by atoms with Crippen LogP contribution in [0.2, 0.25) is 0 Å². The number of benzene rings is 3. The van der Waals surface area contributed by atoms with Crippen molar-refractivity contribution in [2.24, 2.45) is 0 Å². The summed E-state index contributed by atoms with van der Waals surface area (Å²) in [6, 6.07) is 22.0. The van der Waals surface area contributed by atoms with Gasteiger partial charge in [0.25, 0.3) is 5.56 Å². The number of nitrogen functional groups attached to an aromatic ring is 1. The number of nitrogens with two attached hydrogens (primary N) is 1. The first-order chi connectivity index (χ1) is 18.5. The highest BCUT2D eigenvalue weighted by atomic mass is 16.5. The van der Waals surface area contributed by atoms with E-state index < -0.39 is 0 Å². The Morgan fingerprint density at radius 3 is 2.61 bits per heavy atom. The Kier molecular flexibility index (Phi) is 5.53. The number of methoxy groups -OCH3 is 1. The molecule has 3 heterocycles. The number of pyridine rings is 1. The van der Waals surface area contributed by atoms with E-state index in [2.05, 4.69) is 9.97 Å². The number of anilines is 1. The molecule has 0 aliphatic carbocycles. The summed E-state index contributed by atoms with van der Waals surface area (Å²) in [6.45, 7) is 2.14. The van der Waals surface area contributed by atoms with Gasteiger partial charge in [-0.05, 0) is 48.2 Å². The highest BCUT2D eigenvalue weighted by Gasteiger charge is 2.21. The average molecular weight is 505 g/mol. The van der Waals surface area contributed by atoms with E-state index in [9.17, 15) is 9.90 Å². The maximum atomic E-state index is 14.0. The number of phenolic OH excluding ortho intramolecular Hbond substituents is 1. The van der Waals surface area contributed by atoms with Gasteiger partial charge in [-0.3, -0.25) is 9.36 Å². The molecule has 6 aromatic rings. The third-order valence-electron chi connectivity index (χ3n) is 6.65. The molecule has 3 aromatic heterocycles. The van der Waals surface area contributed by atoms with E-state index in [1.807, 2.05) is 61.5 Å². The second-order valence-electron chi connectivity index (χ2n) is 9.00. The summed E-state index contributed by atoms with van der Waals surface area (Å²) in [5.74, 6) is 0.951. The van der Waals surface area contributed by atoms with Crippen LogP contribution in [0.25, 0.3) is 38.8 Å². The van der Waals surface area contributed by atoms with E-state index in [1.165, 1.54) is 6.33 Å². The molecule has 0 amide bonds. The number of aromatic hydroxyl groups is 1. The van der Waals surface area contributed by atoms with E-state index in [4.69, 9.17) is 15.6 Å². The van der Waals surface area contributed by atoms with E-state index in [-0.39, 0.29) is 23.7 Å². The van der Waals surface area contributed by atoms with Crippen LogP contribution in [0, 0.1) is 6.92 Å². The second kappa shape index (κ2) is 9.04. The molecule has 0 spiro atoms. The molecule has 6 rings (SSSR count). The van der Waals surface area contributed by atoms with Crippen LogP contribution in [-0.4, -0.2) is 36.5 Å². The van der Waals surface area contributed by atoms with Crippen LogP contribution < -0.4 is 16.0 Å². The van der Waals surface area contributed by atoms with Crippen LogP contribution in [-0.2, 0) is 6.54 Å². The van der Waals surface area contributed by atoms with Gasteiger partial charge in [-0.25, -0.2) is 14.6 Å². The normalized spacial score (nSPS) is 11.3. The van der Waals surface area contributed by atoms with E-state index in [0.29, 0.717) is 44.8 Å². The third kappa shape index (κ3) is 3.72. The fraction of sp³-hybridized carbons (Fsp3) is 0.103. The SMILES string of the molecule is COc1ccccc1-n1c(Cn2nc(-c3cccc(O)c3)c3c(N)ncnc32)cc2cccc(C)c2c1=O. The van der Waals surface area contributed by atoms with Crippen LogP contribution in [0.1, 0.15) is 11.3 Å². The summed E-state index contributed by atoms with van der Waals surface area (Å²) in [5, 5.41) is 17.0. The molecule has 0 radical (unpaired) electrons. The van der Waals surface area contributed by atoms with Crippen molar-refractivity contribution in [2.45, 2.75) is 13.5 Å². The van der Waals surface area contributed by atoms with Gasteiger partial charge in [0.2, 0.25) is 0 Å². The van der Waals surface area contributed by atoms with Crippen molar-refractivity contribution in [1.29, 1.82) is 0 Å². The molecule has 0 saturated carbocycles. The minimum Gasteiger partial charge on any atom is -0.508 e. The second-order valence-corrected chi connectivity index (χ2v) is 9.00.